The predicted molar refractivity (Wildman–Crippen MR) is 194 cm³/mol. The Balaban J connectivity index is 0.000000238. The molecule has 0 fully saturated rings. The van der Waals surface area contributed by atoms with Gasteiger partial charge >= 0.3 is 282 Å². The first-order valence-electron chi connectivity index (χ1n) is 14.9. The van der Waals surface area contributed by atoms with Crippen molar-refractivity contribution in [2.45, 2.75) is 86.7 Å². The third-order valence-electron chi connectivity index (χ3n) is 7.84. The molecule has 0 saturated carbocycles. The van der Waals surface area contributed by atoms with Crippen LogP contribution < -0.4 is 17.6 Å². The Bertz CT molecular complexity index is 1450. The molecule has 0 aromatic heterocycles. The van der Waals surface area contributed by atoms with E-state index in [1.807, 2.05) is 0 Å². The second-order valence-electron chi connectivity index (χ2n) is 12.0. The van der Waals surface area contributed by atoms with Crippen molar-refractivity contribution in [1.29, 1.82) is 0 Å². The van der Waals surface area contributed by atoms with Gasteiger partial charge in [0.05, 0.1) is 0 Å². The molecule has 0 atom stereocenters. The number of hydrogen-bond donors (Lipinski definition) is 0. The molecule has 4 rings (SSSR count). The molecule has 0 aliphatic carbocycles. The Morgan fingerprint density at radius 1 is 0.429 bits per heavy atom. The van der Waals surface area contributed by atoms with Gasteiger partial charge in [-0.25, -0.2) is 0 Å². The molecule has 4 aromatic carbocycles. The number of hydrogen-bond acceptors (Lipinski definition) is 0. The minimum absolute atomic E-state index is 1.20. The van der Waals surface area contributed by atoms with Gasteiger partial charge in [-0.05, 0) is 0 Å². The van der Waals surface area contributed by atoms with Crippen molar-refractivity contribution in [2.75, 3.05) is 0 Å². The van der Waals surface area contributed by atoms with Crippen molar-refractivity contribution in [3.63, 3.8) is 0 Å². The second-order valence-corrected chi connectivity index (χ2v) is 24.4. The maximum atomic E-state index is 8.46. The maximum absolute atomic E-state index is 8.46. The van der Waals surface area contributed by atoms with Crippen molar-refractivity contribution >= 4 is 78.6 Å². The summed E-state index contributed by atoms with van der Waals surface area (Å²) in [6.45, 7) is 25.7. The third kappa shape index (κ3) is 8.10. The summed E-state index contributed by atoms with van der Waals surface area (Å²) < 4.78 is 12.3. The molecule has 0 heterocycles. The number of benzene rings is 4. The van der Waals surface area contributed by atoms with E-state index < -0.39 is 31.4 Å². The summed E-state index contributed by atoms with van der Waals surface area (Å²) in [6.07, 6.45) is 0. The third-order valence-corrected chi connectivity index (χ3v) is 23.1. The van der Waals surface area contributed by atoms with E-state index in [0.29, 0.717) is 0 Å². The van der Waals surface area contributed by atoms with E-state index in [2.05, 4.69) is 132 Å². The van der Waals surface area contributed by atoms with Crippen LogP contribution in [-0.4, -0.2) is 31.4 Å². The molecular weight excluding hydrogens is 696 g/mol. The monoisotopic (exact) mass is 743 g/mol. The molecule has 5 heteroatoms. The van der Waals surface area contributed by atoms with Gasteiger partial charge in [-0.15, -0.1) is 0 Å². The van der Waals surface area contributed by atoms with Crippen molar-refractivity contribution in [1.82, 2.24) is 0 Å². The van der Waals surface area contributed by atoms with E-state index >= 15 is 0 Å². The van der Waals surface area contributed by atoms with Gasteiger partial charge in [0.2, 0.25) is 0 Å². The average molecular weight is 742 g/mol. The van der Waals surface area contributed by atoms with Crippen LogP contribution in [0.2, 0.25) is 0 Å². The van der Waals surface area contributed by atoms with Crippen LogP contribution in [0.5, 0.6) is 0 Å². The standard InChI is InChI=1S/C19H23Cl2Ge.C18H22ClGe/c1-11-7-13(3)17(14(4)8-11)22(19(20)21)18-15(5)9-12(2)10-16(18)6;1-11-7-13(3)17(14(4)8-11)20(19)18-15(5)9-12(2)10-16(18)6/h7-10,19H,1-6H3;7-10H,1-6H3/i19D;. The second kappa shape index (κ2) is 14.7. The van der Waals surface area contributed by atoms with Gasteiger partial charge < -0.3 is 0 Å². The van der Waals surface area contributed by atoms with Crippen LogP contribution in [0.1, 0.15) is 68.1 Å². The molecule has 2 radical (unpaired) electrons. The summed E-state index contributed by atoms with van der Waals surface area (Å²) in [7, 11) is 7.02. The summed E-state index contributed by atoms with van der Waals surface area (Å²) in [5.41, 5.74) is 15.3. The van der Waals surface area contributed by atoms with Gasteiger partial charge in [0, 0.05) is 0 Å². The Morgan fingerprint density at radius 3 is 0.810 bits per heavy atom. The van der Waals surface area contributed by atoms with E-state index in [1.165, 1.54) is 84.3 Å². The molecule has 0 saturated heterocycles. The summed E-state index contributed by atoms with van der Waals surface area (Å²) >= 11 is 8.43. The molecule has 0 bridgehead atoms. The number of aryl methyl sites for hydroxylation is 12. The van der Waals surface area contributed by atoms with Crippen LogP contribution in [0.15, 0.2) is 48.5 Å². The summed E-state index contributed by atoms with van der Waals surface area (Å²) in [5.74, 6) is 0. The summed E-state index contributed by atoms with van der Waals surface area (Å²) in [4.78, 5) is 0. The zero-order valence-electron chi connectivity index (χ0n) is 28.3. The van der Waals surface area contributed by atoms with Crippen molar-refractivity contribution in [3.8, 4) is 0 Å². The Labute approximate surface area is 280 Å². The molecule has 0 unspecified atom stereocenters. The van der Waals surface area contributed by atoms with E-state index in [-0.39, 0.29) is 0 Å². The summed E-state index contributed by atoms with van der Waals surface area (Å²) in [6, 6.07) is 17.7. The first-order chi connectivity index (χ1) is 19.8. The van der Waals surface area contributed by atoms with Crippen molar-refractivity contribution < 1.29 is 1.37 Å². The molecule has 0 nitrogen and oxygen atoms in total. The predicted octanol–water partition coefficient (Wildman–Crippen LogP) is 8.37. The molecule has 0 spiro atoms. The normalized spacial score (nSPS) is 12.0. The number of halogens is 3. The topological polar surface area (TPSA) is 0 Å². The molecule has 0 aliphatic rings. The Morgan fingerprint density at radius 2 is 0.619 bits per heavy atom. The fraction of sp³-hybridized carbons (Fsp3) is 0.351. The van der Waals surface area contributed by atoms with Gasteiger partial charge in [-0.2, -0.15) is 0 Å². The van der Waals surface area contributed by atoms with Gasteiger partial charge in [-0.1, -0.05) is 0 Å². The molecule has 0 amide bonds. The number of rotatable bonds is 5. The Hall–Kier alpha value is -1.16. The van der Waals surface area contributed by atoms with Gasteiger partial charge in [0.25, 0.3) is 0 Å². The quantitative estimate of drug-likeness (QED) is 0.143. The van der Waals surface area contributed by atoms with Crippen molar-refractivity contribution in [2.24, 2.45) is 0 Å². The minimum atomic E-state index is -2.49. The van der Waals surface area contributed by atoms with Gasteiger partial charge in [-0.3, -0.25) is 0 Å². The van der Waals surface area contributed by atoms with Crippen LogP contribution in [0.3, 0.4) is 0 Å². The van der Waals surface area contributed by atoms with E-state index in [4.69, 9.17) is 34.6 Å². The molecule has 42 heavy (non-hydrogen) atoms. The summed E-state index contributed by atoms with van der Waals surface area (Å²) in [5, 5.41) is 0. The Kier molecular flexibility index (Phi) is 11.8. The van der Waals surface area contributed by atoms with Crippen LogP contribution in [0.4, 0.5) is 0 Å². The average Bonchev–Trinajstić information content (AvgIpc) is 2.80. The van der Waals surface area contributed by atoms with E-state index in [0.717, 1.165) is 0 Å². The zero-order valence-corrected chi connectivity index (χ0v) is 33.7. The first-order valence-corrected chi connectivity index (χ1v) is 23.2. The fourth-order valence-electron chi connectivity index (χ4n) is 6.64. The fourth-order valence-corrected chi connectivity index (χ4v) is 21.0. The van der Waals surface area contributed by atoms with E-state index in [1.54, 1.807) is 0 Å². The number of alkyl halides is 2. The van der Waals surface area contributed by atoms with E-state index in [9.17, 15) is 0 Å². The molecule has 0 N–H and O–H groups in total. The van der Waals surface area contributed by atoms with Crippen molar-refractivity contribution in [3.05, 3.63) is 115 Å². The first kappa shape index (κ1) is 33.7. The zero-order chi connectivity index (χ0) is 32.5. The SMILES string of the molecule is Cc1cc(C)[c]([Ge]([Cl])[c]2c(C)cc(C)cc2C)c(C)c1.[2H][C](Cl)(Cl)[Ge]([c]1c(C)cc(C)cc1C)[c]1c(C)cc(C)cc1C. The van der Waals surface area contributed by atoms with Gasteiger partial charge in [0.1, 0.15) is 0 Å². The molecule has 4 aromatic rings. The molecular formula is C37H45Cl3Ge2. The molecule has 222 valence electrons. The van der Waals surface area contributed by atoms with Crippen LogP contribution in [-0.2, 0) is 0 Å². The van der Waals surface area contributed by atoms with Crippen LogP contribution in [0, 0.1) is 83.1 Å². The molecule has 0 aliphatic heterocycles. The van der Waals surface area contributed by atoms with Gasteiger partial charge in [0.15, 0.2) is 0 Å². The van der Waals surface area contributed by atoms with Crippen LogP contribution >= 0.6 is 33.2 Å². The van der Waals surface area contributed by atoms with Crippen LogP contribution in [0.25, 0.3) is 0 Å².